The average molecular weight is 343 g/mol. The number of thiocarbonyl (C=S) groups is 1. The van der Waals surface area contributed by atoms with Crippen LogP contribution in [0.5, 0.6) is 0 Å². The number of rotatable bonds is 5. The van der Waals surface area contributed by atoms with Crippen molar-refractivity contribution in [3.8, 4) is 0 Å². The zero-order valence-electron chi connectivity index (χ0n) is 10.8. The molecule has 0 aromatic carbocycles. The number of halogens is 1. The largest absolute Gasteiger partial charge is 0.387 e. The Morgan fingerprint density at radius 3 is 2.68 bits per heavy atom. The molecule has 0 radical (unpaired) electrons. The van der Waals surface area contributed by atoms with E-state index in [2.05, 4.69) is 45.0 Å². The Hall–Kier alpha value is -1.28. The van der Waals surface area contributed by atoms with Gasteiger partial charge in [0.25, 0.3) is 0 Å². The lowest BCUT2D eigenvalue weighted by molar-refractivity contribution is 0.571. The maximum atomic E-state index is 5.50. The molecule has 0 aliphatic rings. The Bertz CT molecular complexity index is 602. The van der Waals surface area contributed by atoms with E-state index in [4.69, 9.17) is 18.0 Å². The minimum Gasteiger partial charge on any atom is -0.387 e. The summed E-state index contributed by atoms with van der Waals surface area (Å²) in [7, 11) is 0. The van der Waals surface area contributed by atoms with Crippen LogP contribution in [0.1, 0.15) is 31.1 Å². The molecule has 2 aromatic rings. The van der Waals surface area contributed by atoms with Crippen molar-refractivity contribution in [2.45, 2.75) is 33.4 Å². The van der Waals surface area contributed by atoms with Gasteiger partial charge in [-0.15, -0.1) is 5.10 Å². The van der Waals surface area contributed by atoms with Crippen LogP contribution >= 0.6 is 28.1 Å². The summed E-state index contributed by atoms with van der Waals surface area (Å²) in [6, 6.07) is 0. The van der Waals surface area contributed by atoms with Crippen LogP contribution in [-0.2, 0) is 19.5 Å². The van der Waals surface area contributed by atoms with E-state index < -0.39 is 0 Å². The molecule has 2 rings (SSSR count). The molecule has 102 valence electrons. The summed E-state index contributed by atoms with van der Waals surface area (Å²) >= 11 is 8.45. The molecular weight excluding hydrogens is 328 g/mol. The molecule has 0 saturated heterocycles. The third kappa shape index (κ3) is 2.84. The predicted octanol–water partition coefficient (Wildman–Crippen LogP) is 1.50. The highest BCUT2D eigenvalue weighted by Crippen LogP contribution is 2.22. The number of aromatic nitrogens is 5. The molecule has 8 heteroatoms. The van der Waals surface area contributed by atoms with Gasteiger partial charge in [-0.2, -0.15) is 5.10 Å². The fourth-order valence-corrected chi connectivity index (χ4v) is 2.59. The van der Waals surface area contributed by atoms with E-state index in [1.807, 2.05) is 4.68 Å². The molecule has 2 heterocycles. The van der Waals surface area contributed by atoms with Gasteiger partial charge in [-0.3, -0.25) is 4.68 Å². The second-order valence-electron chi connectivity index (χ2n) is 4.01. The molecule has 2 aromatic heterocycles. The van der Waals surface area contributed by atoms with Gasteiger partial charge < -0.3 is 5.73 Å². The maximum Gasteiger partial charge on any atom is 0.208 e. The highest BCUT2D eigenvalue weighted by Gasteiger charge is 2.15. The first kappa shape index (κ1) is 14.1. The lowest BCUT2D eigenvalue weighted by atomic mass is 10.3. The van der Waals surface area contributed by atoms with Crippen molar-refractivity contribution >= 4 is 33.1 Å². The van der Waals surface area contributed by atoms with Crippen molar-refractivity contribution in [3.63, 3.8) is 0 Å². The average Bonchev–Trinajstić information content (AvgIpc) is 2.96. The van der Waals surface area contributed by atoms with Crippen LogP contribution in [0.4, 0.5) is 0 Å². The fraction of sp³-hybridized carbons (Fsp3) is 0.455. The molecular formula is C11H15BrN6S. The van der Waals surface area contributed by atoms with Gasteiger partial charge in [0.2, 0.25) is 5.82 Å². The van der Waals surface area contributed by atoms with E-state index in [-0.39, 0.29) is 4.99 Å². The Labute approximate surface area is 125 Å². The van der Waals surface area contributed by atoms with Crippen molar-refractivity contribution in [2.75, 3.05) is 0 Å². The molecule has 19 heavy (non-hydrogen) atoms. The number of hydrogen-bond acceptors (Lipinski definition) is 4. The molecule has 0 unspecified atom stereocenters. The molecule has 0 spiro atoms. The monoisotopic (exact) mass is 342 g/mol. The van der Waals surface area contributed by atoms with Crippen LogP contribution in [0.2, 0.25) is 0 Å². The maximum absolute atomic E-state index is 5.50. The van der Waals surface area contributed by atoms with E-state index in [0.29, 0.717) is 12.4 Å². The van der Waals surface area contributed by atoms with E-state index in [9.17, 15) is 0 Å². The second kappa shape index (κ2) is 5.79. The van der Waals surface area contributed by atoms with Gasteiger partial charge in [0, 0.05) is 6.54 Å². The lowest BCUT2D eigenvalue weighted by Gasteiger charge is -2.05. The lowest BCUT2D eigenvalue weighted by Crippen LogP contribution is -2.13. The highest BCUT2D eigenvalue weighted by atomic mass is 79.9. The molecule has 0 fully saturated rings. The fourth-order valence-electron chi connectivity index (χ4n) is 1.81. The number of hydrogen-bond donors (Lipinski definition) is 1. The summed E-state index contributed by atoms with van der Waals surface area (Å²) in [5.74, 6) is 0.393. The molecule has 0 aliphatic carbocycles. The van der Waals surface area contributed by atoms with Crippen molar-refractivity contribution in [1.29, 1.82) is 0 Å². The Balaban J connectivity index is 2.31. The Kier molecular flexibility index (Phi) is 4.31. The van der Waals surface area contributed by atoms with Crippen LogP contribution in [-0.4, -0.2) is 29.5 Å². The second-order valence-corrected chi connectivity index (χ2v) is 5.24. The van der Waals surface area contributed by atoms with Gasteiger partial charge in [0.15, 0.2) is 0 Å². The van der Waals surface area contributed by atoms with E-state index in [0.717, 1.165) is 28.8 Å². The first-order valence-electron chi connectivity index (χ1n) is 6.00. The molecule has 0 atom stereocenters. The summed E-state index contributed by atoms with van der Waals surface area (Å²) in [5.41, 5.74) is 7.61. The molecule has 0 bridgehead atoms. The molecule has 0 aliphatic heterocycles. The molecule has 0 amide bonds. The van der Waals surface area contributed by atoms with Gasteiger partial charge >= 0.3 is 0 Å². The van der Waals surface area contributed by atoms with Crippen molar-refractivity contribution < 1.29 is 0 Å². The van der Waals surface area contributed by atoms with Crippen LogP contribution < -0.4 is 5.73 Å². The van der Waals surface area contributed by atoms with Gasteiger partial charge in [-0.1, -0.05) is 19.1 Å². The first-order chi connectivity index (χ1) is 9.06. The van der Waals surface area contributed by atoms with Crippen LogP contribution in [0.3, 0.4) is 0 Å². The van der Waals surface area contributed by atoms with Crippen molar-refractivity contribution in [3.05, 3.63) is 28.0 Å². The van der Waals surface area contributed by atoms with Gasteiger partial charge in [-0.05, 0) is 29.3 Å². The van der Waals surface area contributed by atoms with Crippen LogP contribution in [0.25, 0.3) is 0 Å². The van der Waals surface area contributed by atoms with Crippen molar-refractivity contribution in [2.24, 2.45) is 5.73 Å². The summed E-state index contributed by atoms with van der Waals surface area (Å²) in [6.07, 6.45) is 2.51. The van der Waals surface area contributed by atoms with E-state index in [1.165, 1.54) is 0 Å². The zero-order chi connectivity index (χ0) is 14.0. The number of aryl methyl sites for hydroxylation is 2. The Morgan fingerprint density at radius 1 is 1.42 bits per heavy atom. The van der Waals surface area contributed by atoms with Crippen LogP contribution in [0, 0.1) is 0 Å². The number of nitrogens with zero attached hydrogens (tertiary/aromatic N) is 5. The minimum atomic E-state index is 0.205. The standard InChI is InChI=1S/C11H15BrN6S/c1-3-7-9(12)8(18(4-2)15-7)5-17-6-14-11(16-17)10(13)19/h6H,3-5H2,1-2H3,(H2,13,19). The number of nitrogens with two attached hydrogens (primary N) is 1. The minimum absolute atomic E-state index is 0.205. The smallest absolute Gasteiger partial charge is 0.208 e. The SMILES string of the molecule is CCc1nn(CC)c(Cn2cnc(C(N)=S)n2)c1Br. The molecule has 0 saturated carbocycles. The summed E-state index contributed by atoms with van der Waals surface area (Å²) in [5, 5.41) is 8.78. The quantitative estimate of drug-likeness (QED) is 0.833. The normalized spacial score (nSPS) is 10.9. The van der Waals surface area contributed by atoms with E-state index >= 15 is 0 Å². The third-order valence-electron chi connectivity index (χ3n) is 2.76. The zero-order valence-corrected chi connectivity index (χ0v) is 13.2. The van der Waals surface area contributed by atoms with E-state index in [1.54, 1.807) is 11.0 Å². The molecule has 2 N–H and O–H groups in total. The van der Waals surface area contributed by atoms with Gasteiger partial charge in [0.1, 0.15) is 11.3 Å². The van der Waals surface area contributed by atoms with Crippen molar-refractivity contribution in [1.82, 2.24) is 24.5 Å². The van der Waals surface area contributed by atoms with Crippen LogP contribution in [0.15, 0.2) is 10.8 Å². The summed E-state index contributed by atoms with van der Waals surface area (Å²) in [4.78, 5) is 4.27. The predicted molar refractivity (Wildman–Crippen MR) is 80.0 cm³/mol. The highest BCUT2D eigenvalue weighted by molar-refractivity contribution is 9.10. The Morgan fingerprint density at radius 2 is 2.16 bits per heavy atom. The molecule has 6 nitrogen and oxygen atoms in total. The first-order valence-corrected chi connectivity index (χ1v) is 7.20. The summed E-state index contributed by atoms with van der Waals surface area (Å²) < 4.78 is 4.71. The van der Waals surface area contributed by atoms with Gasteiger partial charge in [0.05, 0.1) is 22.4 Å². The van der Waals surface area contributed by atoms with Gasteiger partial charge in [-0.25, -0.2) is 9.67 Å². The topological polar surface area (TPSA) is 74.5 Å². The summed E-state index contributed by atoms with van der Waals surface area (Å²) in [6.45, 7) is 5.53. The third-order valence-corrected chi connectivity index (χ3v) is 3.86.